The molecule has 0 saturated heterocycles. The molecule has 0 radical (unpaired) electrons. The second-order valence-electron chi connectivity index (χ2n) is 4.96. The lowest BCUT2D eigenvalue weighted by atomic mass is 10.1. The molecule has 0 unspecified atom stereocenters. The summed E-state index contributed by atoms with van der Waals surface area (Å²) in [5.74, 6) is 1.32. The van der Waals surface area contributed by atoms with Crippen molar-refractivity contribution in [3.8, 4) is 17.6 Å². The maximum atomic E-state index is 10.7. The number of ether oxygens (including phenoxy) is 2. The zero-order valence-corrected chi connectivity index (χ0v) is 13.4. The van der Waals surface area contributed by atoms with E-state index in [1.807, 2.05) is 24.3 Å². The Bertz CT molecular complexity index is 784. The first kappa shape index (κ1) is 17.1. The van der Waals surface area contributed by atoms with Crippen LogP contribution in [0.5, 0.6) is 11.5 Å². The van der Waals surface area contributed by atoms with E-state index in [-0.39, 0.29) is 11.3 Å². The number of nitrogens with zero attached hydrogens (tertiary/aromatic N) is 2. The molecule has 0 aliphatic heterocycles. The van der Waals surface area contributed by atoms with Crippen molar-refractivity contribution in [1.82, 2.24) is 0 Å². The van der Waals surface area contributed by atoms with Crippen LogP contribution in [0.25, 0.3) is 0 Å². The highest BCUT2D eigenvalue weighted by Gasteiger charge is 2.10. The molecule has 1 N–H and O–H groups in total. The van der Waals surface area contributed by atoms with E-state index >= 15 is 0 Å². The molecule has 2 aromatic rings. The number of rotatable bonds is 7. The number of benzene rings is 2. The Morgan fingerprint density at radius 3 is 2.54 bits per heavy atom. The summed E-state index contributed by atoms with van der Waals surface area (Å²) in [5, 5.41) is 23.0. The van der Waals surface area contributed by atoms with E-state index in [4.69, 9.17) is 14.7 Å². The lowest BCUT2D eigenvalue weighted by Gasteiger charge is -2.11. The largest absolute Gasteiger partial charge is 0.493 e. The summed E-state index contributed by atoms with van der Waals surface area (Å²) in [5.41, 5.74) is 1.76. The molecule has 7 heteroatoms. The van der Waals surface area contributed by atoms with Crippen LogP contribution in [0.2, 0.25) is 0 Å². The van der Waals surface area contributed by atoms with Crippen LogP contribution in [0.4, 0.5) is 11.4 Å². The fourth-order valence-corrected chi connectivity index (χ4v) is 2.27. The molecule has 0 atom stereocenters. The van der Waals surface area contributed by atoms with Crippen LogP contribution in [-0.2, 0) is 6.42 Å². The average molecular weight is 327 g/mol. The Kier molecular flexibility index (Phi) is 5.58. The molecule has 2 rings (SSSR count). The minimum absolute atomic E-state index is 0.100. The quantitative estimate of drug-likeness (QED) is 0.620. The third-order valence-corrected chi connectivity index (χ3v) is 3.51. The number of hydrogen-bond donors (Lipinski definition) is 1. The van der Waals surface area contributed by atoms with Gasteiger partial charge in [-0.1, -0.05) is 6.07 Å². The highest BCUT2D eigenvalue weighted by atomic mass is 16.6. The third-order valence-electron chi connectivity index (χ3n) is 3.51. The maximum absolute atomic E-state index is 10.7. The minimum Gasteiger partial charge on any atom is -0.493 e. The van der Waals surface area contributed by atoms with Gasteiger partial charge in [-0.2, -0.15) is 5.26 Å². The lowest BCUT2D eigenvalue weighted by molar-refractivity contribution is -0.384. The number of nitro benzene ring substituents is 1. The van der Waals surface area contributed by atoms with Gasteiger partial charge in [0, 0.05) is 18.7 Å². The number of nitro groups is 1. The Labute approximate surface area is 139 Å². The number of hydrogen-bond acceptors (Lipinski definition) is 6. The topological polar surface area (TPSA) is 97.4 Å². The SMILES string of the molecule is COc1ccc(CCNc2ccc([N+](=O)[O-])cc2C#N)cc1OC. The molecule has 0 saturated carbocycles. The van der Waals surface area contributed by atoms with E-state index in [9.17, 15) is 10.1 Å². The van der Waals surface area contributed by atoms with Crippen LogP contribution >= 0.6 is 0 Å². The monoisotopic (exact) mass is 327 g/mol. The summed E-state index contributed by atoms with van der Waals surface area (Å²) in [4.78, 5) is 10.2. The van der Waals surface area contributed by atoms with Crippen LogP contribution in [0.15, 0.2) is 36.4 Å². The van der Waals surface area contributed by atoms with Gasteiger partial charge >= 0.3 is 0 Å². The second-order valence-corrected chi connectivity index (χ2v) is 4.96. The van der Waals surface area contributed by atoms with Crippen LogP contribution < -0.4 is 14.8 Å². The van der Waals surface area contributed by atoms with Gasteiger partial charge in [0.1, 0.15) is 6.07 Å². The van der Waals surface area contributed by atoms with Gasteiger partial charge in [0.15, 0.2) is 11.5 Å². The smallest absolute Gasteiger partial charge is 0.270 e. The second kappa shape index (κ2) is 7.83. The normalized spacial score (nSPS) is 9.88. The standard InChI is InChI=1S/C17H17N3O4/c1-23-16-6-3-12(9-17(16)24-2)7-8-19-15-5-4-14(20(21)22)10-13(15)11-18/h3-6,9-10,19H,7-8H2,1-2H3. The lowest BCUT2D eigenvalue weighted by Crippen LogP contribution is -2.07. The zero-order chi connectivity index (χ0) is 17.5. The molecule has 124 valence electrons. The van der Waals surface area contributed by atoms with E-state index in [0.717, 1.165) is 5.56 Å². The van der Waals surface area contributed by atoms with Crippen molar-refractivity contribution >= 4 is 11.4 Å². The first-order chi connectivity index (χ1) is 11.6. The van der Waals surface area contributed by atoms with Gasteiger partial charge < -0.3 is 14.8 Å². The molecular weight excluding hydrogens is 310 g/mol. The van der Waals surface area contributed by atoms with Crippen molar-refractivity contribution in [1.29, 1.82) is 5.26 Å². The van der Waals surface area contributed by atoms with E-state index in [2.05, 4.69) is 5.32 Å². The molecule has 0 heterocycles. The maximum Gasteiger partial charge on any atom is 0.270 e. The zero-order valence-electron chi connectivity index (χ0n) is 13.4. The summed E-state index contributed by atoms with van der Waals surface area (Å²) in [6.07, 6.45) is 0.697. The Morgan fingerprint density at radius 1 is 1.17 bits per heavy atom. The molecule has 0 spiro atoms. The van der Waals surface area contributed by atoms with Crippen molar-refractivity contribution in [2.75, 3.05) is 26.1 Å². The van der Waals surface area contributed by atoms with Gasteiger partial charge in [-0.3, -0.25) is 10.1 Å². The van der Waals surface area contributed by atoms with Crippen LogP contribution in [0.3, 0.4) is 0 Å². The summed E-state index contributed by atoms with van der Waals surface area (Å²) in [6, 6.07) is 11.8. The Hall–Kier alpha value is -3.27. The molecule has 0 bridgehead atoms. The first-order valence-electron chi connectivity index (χ1n) is 7.22. The summed E-state index contributed by atoms with van der Waals surface area (Å²) >= 11 is 0. The molecule has 7 nitrogen and oxygen atoms in total. The van der Waals surface area contributed by atoms with E-state index < -0.39 is 4.92 Å². The van der Waals surface area contributed by atoms with Gasteiger partial charge in [-0.15, -0.1) is 0 Å². The Morgan fingerprint density at radius 2 is 1.92 bits per heavy atom. The third kappa shape index (κ3) is 3.93. The number of non-ortho nitro benzene ring substituents is 1. The number of nitriles is 1. The fraction of sp³-hybridized carbons (Fsp3) is 0.235. The van der Waals surface area contributed by atoms with E-state index in [0.29, 0.717) is 30.2 Å². The van der Waals surface area contributed by atoms with Crippen LogP contribution in [0.1, 0.15) is 11.1 Å². The van der Waals surface area contributed by atoms with Gasteiger partial charge in [0.2, 0.25) is 0 Å². The summed E-state index contributed by atoms with van der Waals surface area (Å²) in [7, 11) is 3.16. The predicted molar refractivity (Wildman–Crippen MR) is 89.6 cm³/mol. The van der Waals surface area contributed by atoms with Crippen LogP contribution in [0, 0.1) is 21.4 Å². The average Bonchev–Trinajstić information content (AvgIpc) is 2.61. The minimum atomic E-state index is -0.520. The molecule has 0 amide bonds. The molecule has 0 fully saturated rings. The number of anilines is 1. The number of nitrogens with one attached hydrogen (secondary N) is 1. The highest BCUT2D eigenvalue weighted by Crippen LogP contribution is 2.28. The molecule has 0 aliphatic rings. The van der Waals surface area contributed by atoms with Crippen molar-refractivity contribution in [3.05, 3.63) is 57.6 Å². The van der Waals surface area contributed by atoms with Crippen molar-refractivity contribution in [2.45, 2.75) is 6.42 Å². The van der Waals surface area contributed by atoms with Gasteiger partial charge in [-0.05, 0) is 30.2 Å². The predicted octanol–water partition coefficient (Wildman–Crippen LogP) is 3.14. The van der Waals surface area contributed by atoms with Crippen molar-refractivity contribution < 1.29 is 14.4 Å². The molecule has 0 aromatic heterocycles. The Balaban J connectivity index is 2.04. The number of methoxy groups -OCH3 is 2. The van der Waals surface area contributed by atoms with Gasteiger partial charge in [-0.25, -0.2) is 0 Å². The highest BCUT2D eigenvalue weighted by molar-refractivity contribution is 5.61. The molecule has 0 aliphatic carbocycles. The summed E-state index contributed by atoms with van der Waals surface area (Å²) in [6.45, 7) is 0.571. The van der Waals surface area contributed by atoms with Crippen molar-refractivity contribution in [2.24, 2.45) is 0 Å². The van der Waals surface area contributed by atoms with Gasteiger partial charge in [0.05, 0.1) is 30.4 Å². The van der Waals surface area contributed by atoms with Gasteiger partial charge in [0.25, 0.3) is 5.69 Å². The summed E-state index contributed by atoms with van der Waals surface area (Å²) < 4.78 is 10.5. The molecule has 24 heavy (non-hydrogen) atoms. The van der Waals surface area contributed by atoms with E-state index in [1.165, 1.54) is 12.1 Å². The molecule has 2 aromatic carbocycles. The first-order valence-corrected chi connectivity index (χ1v) is 7.22. The van der Waals surface area contributed by atoms with Crippen molar-refractivity contribution in [3.63, 3.8) is 0 Å². The van der Waals surface area contributed by atoms with E-state index in [1.54, 1.807) is 20.3 Å². The molecular formula is C17H17N3O4. The van der Waals surface area contributed by atoms with Crippen LogP contribution in [-0.4, -0.2) is 25.7 Å². The fourth-order valence-electron chi connectivity index (χ4n) is 2.27.